The van der Waals surface area contributed by atoms with E-state index in [0.717, 1.165) is 54.1 Å². The van der Waals surface area contributed by atoms with Crippen molar-refractivity contribution in [3.05, 3.63) is 47.1 Å². The Morgan fingerprint density at radius 3 is 2.70 bits per heavy atom. The van der Waals surface area contributed by atoms with Crippen LogP contribution in [0.4, 0.5) is 0 Å². The number of phenols is 2. The molecule has 0 bridgehead atoms. The van der Waals surface area contributed by atoms with Gasteiger partial charge in [-0.3, -0.25) is 0 Å². The summed E-state index contributed by atoms with van der Waals surface area (Å²) < 4.78 is 0. The van der Waals surface area contributed by atoms with Gasteiger partial charge in [0, 0.05) is 22.9 Å². The third kappa shape index (κ3) is 4.41. The first-order valence-corrected chi connectivity index (χ1v) is 9.49. The molecule has 2 rings (SSSR count). The van der Waals surface area contributed by atoms with E-state index in [1.165, 1.54) is 11.6 Å². The van der Waals surface area contributed by atoms with Crippen molar-refractivity contribution in [2.24, 2.45) is 5.92 Å². The Labute approximate surface area is 148 Å². The summed E-state index contributed by atoms with van der Waals surface area (Å²) in [7, 11) is 0. The van der Waals surface area contributed by atoms with Crippen molar-refractivity contribution in [1.29, 1.82) is 0 Å². The number of aromatic hydroxyl groups is 2. The van der Waals surface area contributed by atoms with E-state index in [2.05, 4.69) is 42.4 Å². The molecule has 1 aliphatic rings. The molecule has 0 aliphatic heterocycles. The minimum atomic E-state index is 0.142. The lowest BCUT2D eigenvalue weighted by atomic mass is 9.72. The zero-order valence-corrected chi connectivity index (χ0v) is 15.7. The number of phenolic OH excluding ortho intramolecular Hbond substituents is 2. The smallest absolute Gasteiger partial charge is 0.123 e. The summed E-state index contributed by atoms with van der Waals surface area (Å²) in [5.41, 5.74) is 4.57. The zero-order valence-electron chi connectivity index (χ0n) is 14.1. The second kappa shape index (κ2) is 8.05. The number of alkyl halides is 1. The second-order valence-electron chi connectivity index (χ2n) is 6.71. The number of rotatable bonds is 6. The highest BCUT2D eigenvalue weighted by Gasteiger charge is 2.29. The number of hydrogen-bond donors (Lipinski definition) is 2. The van der Waals surface area contributed by atoms with E-state index in [1.807, 2.05) is 6.07 Å². The predicted octanol–water partition coefficient (Wildman–Crippen LogP) is 5.83. The third-order valence-corrected chi connectivity index (χ3v) is 5.33. The second-order valence-corrected chi connectivity index (χ2v) is 7.51. The molecule has 0 amide bonds. The van der Waals surface area contributed by atoms with Gasteiger partial charge in [-0.05, 0) is 63.5 Å². The molecule has 2 N–H and O–H groups in total. The van der Waals surface area contributed by atoms with Crippen LogP contribution in [0.1, 0.15) is 56.6 Å². The van der Waals surface area contributed by atoms with Gasteiger partial charge in [0.05, 0.1) is 0 Å². The van der Waals surface area contributed by atoms with Crippen LogP contribution in [0.2, 0.25) is 0 Å². The largest absolute Gasteiger partial charge is 0.508 e. The standard InChI is InChI=1S/C20H27BrO2/c1-13(2)17-8-7-14(3)10-18(17)20-15(6-4-5-9-21)11-16(22)12-19(20)23/h10-12,17-18,22-23H,1,4-9H2,2-3H3/t17-,18+/m0/s1. The number of hydrogen-bond acceptors (Lipinski definition) is 2. The molecule has 23 heavy (non-hydrogen) atoms. The van der Waals surface area contributed by atoms with Crippen LogP contribution in [0.5, 0.6) is 11.5 Å². The van der Waals surface area contributed by atoms with Crippen LogP contribution in [-0.2, 0) is 6.42 Å². The summed E-state index contributed by atoms with van der Waals surface area (Å²) in [6, 6.07) is 3.28. The maximum atomic E-state index is 10.5. The van der Waals surface area contributed by atoms with Crippen molar-refractivity contribution < 1.29 is 10.2 Å². The molecular weight excluding hydrogens is 352 g/mol. The predicted molar refractivity (Wildman–Crippen MR) is 101 cm³/mol. The van der Waals surface area contributed by atoms with Gasteiger partial charge >= 0.3 is 0 Å². The first kappa shape index (κ1) is 18.1. The maximum absolute atomic E-state index is 10.5. The summed E-state index contributed by atoms with van der Waals surface area (Å²) in [4.78, 5) is 0. The highest BCUT2D eigenvalue weighted by molar-refractivity contribution is 9.09. The SMILES string of the molecule is C=C(C)[C@@H]1CCC(C)=C[C@H]1c1c(O)cc(O)cc1CCCCBr. The van der Waals surface area contributed by atoms with Gasteiger partial charge in [-0.2, -0.15) is 0 Å². The van der Waals surface area contributed by atoms with E-state index in [1.54, 1.807) is 0 Å². The molecule has 0 unspecified atom stereocenters. The molecule has 2 atom stereocenters. The van der Waals surface area contributed by atoms with Crippen LogP contribution in [0.25, 0.3) is 0 Å². The quantitative estimate of drug-likeness (QED) is 0.371. The van der Waals surface area contributed by atoms with Crippen molar-refractivity contribution in [3.63, 3.8) is 0 Å². The van der Waals surface area contributed by atoms with E-state index in [9.17, 15) is 10.2 Å². The summed E-state index contributed by atoms with van der Waals surface area (Å²) in [5.74, 6) is 0.856. The number of unbranched alkanes of at least 4 members (excludes halogenated alkanes) is 1. The molecule has 0 saturated heterocycles. The monoisotopic (exact) mass is 378 g/mol. The van der Waals surface area contributed by atoms with Crippen LogP contribution in [0, 0.1) is 5.92 Å². The number of halogens is 1. The maximum Gasteiger partial charge on any atom is 0.123 e. The van der Waals surface area contributed by atoms with Crippen molar-refractivity contribution >= 4 is 15.9 Å². The van der Waals surface area contributed by atoms with Crippen molar-refractivity contribution in [2.75, 3.05) is 5.33 Å². The van der Waals surface area contributed by atoms with Gasteiger partial charge in [-0.25, -0.2) is 0 Å². The third-order valence-electron chi connectivity index (χ3n) is 4.77. The van der Waals surface area contributed by atoms with Crippen LogP contribution < -0.4 is 0 Å². The highest BCUT2D eigenvalue weighted by atomic mass is 79.9. The van der Waals surface area contributed by atoms with Crippen LogP contribution in [-0.4, -0.2) is 15.5 Å². The van der Waals surface area contributed by atoms with Gasteiger partial charge in [0.2, 0.25) is 0 Å². The Morgan fingerprint density at radius 2 is 2.04 bits per heavy atom. The molecule has 0 saturated carbocycles. The molecule has 0 aromatic heterocycles. The summed E-state index contributed by atoms with van der Waals surface area (Å²) >= 11 is 3.46. The Bertz CT molecular complexity index is 604. The molecule has 1 aromatic carbocycles. The number of benzene rings is 1. The normalized spacial score (nSPS) is 21.1. The van der Waals surface area contributed by atoms with Gasteiger partial charge in [0.1, 0.15) is 11.5 Å². The van der Waals surface area contributed by atoms with Crippen LogP contribution >= 0.6 is 15.9 Å². The fourth-order valence-corrected chi connectivity index (χ4v) is 3.98. The molecule has 1 aromatic rings. The number of allylic oxidation sites excluding steroid dienone is 3. The van der Waals surface area contributed by atoms with E-state index in [-0.39, 0.29) is 17.4 Å². The molecule has 1 aliphatic carbocycles. The van der Waals surface area contributed by atoms with E-state index in [4.69, 9.17) is 0 Å². The topological polar surface area (TPSA) is 40.5 Å². The average molecular weight is 379 g/mol. The molecular formula is C20H27BrO2. The minimum Gasteiger partial charge on any atom is -0.508 e. The van der Waals surface area contributed by atoms with Crippen molar-refractivity contribution in [3.8, 4) is 11.5 Å². The molecule has 0 heterocycles. The van der Waals surface area contributed by atoms with Crippen LogP contribution in [0.15, 0.2) is 35.9 Å². The summed E-state index contributed by atoms with van der Waals surface area (Å²) in [6.07, 6.45) is 7.43. The molecule has 3 heteroatoms. The summed E-state index contributed by atoms with van der Waals surface area (Å²) in [6.45, 7) is 8.40. The number of aryl methyl sites for hydroxylation is 1. The molecule has 2 nitrogen and oxygen atoms in total. The van der Waals surface area contributed by atoms with Gasteiger partial charge in [-0.15, -0.1) is 0 Å². The lowest BCUT2D eigenvalue weighted by molar-refractivity contribution is 0.423. The molecule has 0 radical (unpaired) electrons. The summed E-state index contributed by atoms with van der Waals surface area (Å²) in [5, 5.41) is 21.4. The first-order valence-electron chi connectivity index (χ1n) is 8.37. The van der Waals surface area contributed by atoms with Gasteiger partial charge in [-0.1, -0.05) is 39.7 Å². The molecule has 0 fully saturated rings. The van der Waals surface area contributed by atoms with Gasteiger partial charge in [0.15, 0.2) is 0 Å². The van der Waals surface area contributed by atoms with Crippen molar-refractivity contribution in [2.45, 2.75) is 51.9 Å². The highest BCUT2D eigenvalue weighted by Crippen LogP contribution is 2.45. The van der Waals surface area contributed by atoms with Crippen LogP contribution in [0.3, 0.4) is 0 Å². The zero-order chi connectivity index (χ0) is 17.0. The van der Waals surface area contributed by atoms with Gasteiger partial charge in [0.25, 0.3) is 0 Å². The fraction of sp³-hybridized carbons (Fsp3) is 0.500. The Balaban J connectivity index is 2.46. The average Bonchev–Trinajstić information content (AvgIpc) is 2.46. The molecule has 126 valence electrons. The van der Waals surface area contributed by atoms with Gasteiger partial charge < -0.3 is 10.2 Å². The lowest BCUT2D eigenvalue weighted by Gasteiger charge is -2.32. The fourth-order valence-electron chi connectivity index (χ4n) is 3.59. The van der Waals surface area contributed by atoms with Crippen molar-refractivity contribution in [1.82, 2.24) is 0 Å². The van der Waals surface area contributed by atoms with E-state index in [0.29, 0.717) is 5.92 Å². The van der Waals surface area contributed by atoms with E-state index >= 15 is 0 Å². The molecule has 0 spiro atoms. The Hall–Kier alpha value is -1.22. The van der Waals surface area contributed by atoms with E-state index < -0.39 is 0 Å². The lowest BCUT2D eigenvalue weighted by Crippen LogP contribution is -2.18. The minimum absolute atomic E-state index is 0.142. The Kier molecular flexibility index (Phi) is 6.34. The first-order chi connectivity index (χ1) is 10.9. The Morgan fingerprint density at radius 1 is 1.30 bits per heavy atom.